The van der Waals surface area contributed by atoms with E-state index in [-0.39, 0.29) is 0 Å². The second-order valence-corrected chi connectivity index (χ2v) is 17.3. The summed E-state index contributed by atoms with van der Waals surface area (Å²) in [5.74, 6) is 0. The van der Waals surface area contributed by atoms with Gasteiger partial charge in [0.05, 0.1) is 0 Å². The lowest BCUT2D eigenvalue weighted by atomic mass is 10.4. The van der Waals surface area contributed by atoms with E-state index in [9.17, 15) is 0 Å². The minimum Gasteiger partial charge on any atom is -0.417 e. The molecule has 0 spiro atoms. The molecular formula is C24H54O2Si2. The monoisotopic (exact) mass is 430 g/mol. The lowest BCUT2D eigenvalue weighted by molar-refractivity contribution is 0.286. The Balaban J connectivity index is 5.42. The van der Waals surface area contributed by atoms with Gasteiger partial charge < -0.3 is 8.85 Å². The van der Waals surface area contributed by atoms with Gasteiger partial charge in [-0.15, -0.1) is 0 Å². The Labute approximate surface area is 180 Å². The van der Waals surface area contributed by atoms with Crippen LogP contribution in [0.1, 0.15) is 106 Å². The topological polar surface area (TPSA) is 18.5 Å². The molecule has 0 N–H and O–H groups in total. The van der Waals surface area contributed by atoms with Crippen LogP contribution in [-0.4, -0.2) is 29.8 Å². The molecule has 0 aliphatic carbocycles. The Morgan fingerprint density at radius 3 is 0.893 bits per heavy atom. The Kier molecular flexibility index (Phi) is 18.4. The molecule has 28 heavy (non-hydrogen) atoms. The highest BCUT2D eigenvalue weighted by Crippen LogP contribution is 2.36. The molecule has 4 heteroatoms. The molecule has 0 radical (unpaired) electrons. The van der Waals surface area contributed by atoms with Gasteiger partial charge in [-0.3, -0.25) is 0 Å². The van der Waals surface area contributed by atoms with Crippen molar-refractivity contribution in [2.24, 2.45) is 0 Å². The maximum atomic E-state index is 6.80. The van der Waals surface area contributed by atoms with E-state index in [0.29, 0.717) is 0 Å². The van der Waals surface area contributed by atoms with E-state index >= 15 is 0 Å². The van der Waals surface area contributed by atoms with Gasteiger partial charge in [0, 0.05) is 13.2 Å². The third-order valence-electron chi connectivity index (χ3n) is 6.20. The SMILES string of the molecule is CCCC[Si](CCCC)(CC[Si](CCCC)(CCCC)OCCC)OCCC. The highest BCUT2D eigenvalue weighted by molar-refractivity contribution is 6.79. The van der Waals surface area contributed by atoms with Crippen LogP contribution >= 0.6 is 0 Å². The van der Waals surface area contributed by atoms with Crippen LogP contribution in [0.15, 0.2) is 0 Å². The second-order valence-electron chi connectivity index (χ2n) is 8.98. The summed E-state index contributed by atoms with van der Waals surface area (Å²) >= 11 is 0. The zero-order valence-electron chi connectivity index (χ0n) is 20.5. The molecule has 0 aliphatic rings. The minimum absolute atomic E-state index is 0.980. The molecule has 0 fully saturated rings. The largest absolute Gasteiger partial charge is 0.417 e. The highest BCUT2D eigenvalue weighted by Gasteiger charge is 2.40. The summed E-state index contributed by atoms with van der Waals surface area (Å²) in [4.78, 5) is 0. The Morgan fingerprint density at radius 1 is 0.393 bits per heavy atom. The maximum absolute atomic E-state index is 6.80. The van der Waals surface area contributed by atoms with Crippen molar-refractivity contribution in [1.82, 2.24) is 0 Å². The molecular weight excluding hydrogens is 376 g/mol. The maximum Gasteiger partial charge on any atom is 0.192 e. The summed E-state index contributed by atoms with van der Waals surface area (Å²) in [5, 5.41) is 0. The normalized spacial score (nSPS) is 12.6. The van der Waals surface area contributed by atoms with Crippen LogP contribution in [-0.2, 0) is 8.85 Å². The number of rotatable bonds is 21. The van der Waals surface area contributed by atoms with E-state index in [1.807, 2.05) is 0 Å². The molecule has 0 saturated carbocycles. The zero-order chi connectivity index (χ0) is 21.1. The summed E-state index contributed by atoms with van der Waals surface area (Å²) in [6, 6.07) is 8.26. The van der Waals surface area contributed by atoms with Crippen LogP contribution in [0.5, 0.6) is 0 Å². The van der Waals surface area contributed by atoms with Gasteiger partial charge in [-0.25, -0.2) is 0 Å². The van der Waals surface area contributed by atoms with Crippen molar-refractivity contribution in [3.05, 3.63) is 0 Å². The molecule has 0 atom stereocenters. The van der Waals surface area contributed by atoms with Crippen LogP contribution in [0, 0.1) is 0 Å². The van der Waals surface area contributed by atoms with E-state index < -0.39 is 16.6 Å². The quantitative estimate of drug-likeness (QED) is 0.169. The zero-order valence-corrected chi connectivity index (χ0v) is 22.5. The minimum atomic E-state index is -1.63. The van der Waals surface area contributed by atoms with Crippen LogP contribution in [0.4, 0.5) is 0 Å². The smallest absolute Gasteiger partial charge is 0.192 e. The Bertz CT molecular complexity index is 261. The first-order chi connectivity index (χ1) is 13.6. The lowest BCUT2D eigenvalue weighted by Crippen LogP contribution is -2.44. The predicted octanol–water partition coefficient (Wildman–Crippen LogP) is 8.93. The van der Waals surface area contributed by atoms with Crippen LogP contribution in [0.2, 0.25) is 36.3 Å². The third kappa shape index (κ3) is 12.1. The standard InChI is InChI=1S/C24H54O2Si2/c1-7-13-19-27(20-14-8-2,25-17-11-5)23-24-28(21-15-9-3,22-16-10-4)26-18-12-6/h7-24H2,1-6H3. The van der Waals surface area contributed by atoms with Crippen LogP contribution in [0.25, 0.3) is 0 Å². The van der Waals surface area contributed by atoms with Gasteiger partial charge >= 0.3 is 0 Å². The Hall–Kier alpha value is 0.354. The molecule has 0 saturated heterocycles. The fourth-order valence-corrected chi connectivity index (χ4v) is 15.5. The van der Waals surface area contributed by atoms with Crippen molar-refractivity contribution in [2.45, 2.75) is 142 Å². The van der Waals surface area contributed by atoms with Crippen molar-refractivity contribution < 1.29 is 8.85 Å². The molecule has 0 amide bonds. The molecule has 170 valence electrons. The molecule has 0 aliphatic heterocycles. The van der Waals surface area contributed by atoms with E-state index in [1.54, 1.807) is 0 Å². The summed E-state index contributed by atoms with van der Waals surface area (Å²) < 4.78 is 13.6. The first kappa shape index (κ1) is 28.4. The fourth-order valence-electron chi connectivity index (χ4n) is 4.27. The summed E-state index contributed by atoms with van der Waals surface area (Å²) in [6.07, 6.45) is 13.0. The first-order valence-electron chi connectivity index (χ1n) is 12.8. The van der Waals surface area contributed by atoms with Crippen molar-refractivity contribution >= 4 is 16.6 Å². The molecule has 0 aromatic heterocycles. The average Bonchev–Trinajstić information content (AvgIpc) is 2.73. The number of hydrogen-bond acceptors (Lipinski definition) is 2. The van der Waals surface area contributed by atoms with E-state index in [0.717, 1.165) is 26.1 Å². The molecule has 2 nitrogen and oxygen atoms in total. The summed E-state index contributed by atoms with van der Waals surface area (Å²) in [6.45, 7) is 15.8. The van der Waals surface area contributed by atoms with Crippen LogP contribution in [0.3, 0.4) is 0 Å². The fraction of sp³-hybridized carbons (Fsp3) is 1.00. The van der Waals surface area contributed by atoms with Gasteiger partial charge in [-0.2, -0.15) is 0 Å². The lowest BCUT2D eigenvalue weighted by Gasteiger charge is -2.37. The van der Waals surface area contributed by atoms with Crippen molar-refractivity contribution in [3.63, 3.8) is 0 Å². The van der Waals surface area contributed by atoms with E-state index in [1.165, 1.54) is 87.6 Å². The van der Waals surface area contributed by atoms with Crippen molar-refractivity contribution in [1.29, 1.82) is 0 Å². The van der Waals surface area contributed by atoms with Gasteiger partial charge in [0.1, 0.15) is 0 Å². The first-order valence-corrected chi connectivity index (χ1v) is 17.9. The van der Waals surface area contributed by atoms with Gasteiger partial charge in [-0.05, 0) is 49.1 Å². The van der Waals surface area contributed by atoms with E-state index in [2.05, 4.69) is 41.5 Å². The number of hydrogen-bond donors (Lipinski definition) is 0. The van der Waals surface area contributed by atoms with Gasteiger partial charge in [0.15, 0.2) is 16.6 Å². The van der Waals surface area contributed by atoms with Gasteiger partial charge in [0.2, 0.25) is 0 Å². The molecule has 0 rings (SSSR count). The van der Waals surface area contributed by atoms with Gasteiger partial charge in [0.25, 0.3) is 0 Å². The van der Waals surface area contributed by atoms with Crippen molar-refractivity contribution in [3.8, 4) is 0 Å². The second kappa shape index (κ2) is 18.1. The van der Waals surface area contributed by atoms with Crippen molar-refractivity contribution in [2.75, 3.05) is 13.2 Å². The molecule has 0 bridgehead atoms. The van der Waals surface area contributed by atoms with Gasteiger partial charge in [-0.1, -0.05) is 92.9 Å². The van der Waals surface area contributed by atoms with E-state index in [4.69, 9.17) is 8.85 Å². The highest BCUT2D eigenvalue weighted by atomic mass is 28.4. The Morgan fingerprint density at radius 2 is 0.679 bits per heavy atom. The predicted molar refractivity (Wildman–Crippen MR) is 132 cm³/mol. The third-order valence-corrected chi connectivity index (χ3v) is 15.7. The summed E-state index contributed by atoms with van der Waals surface area (Å²) in [7, 11) is -3.26. The molecule has 0 unspecified atom stereocenters. The summed E-state index contributed by atoms with van der Waals surface area (Å²) in [5.41, 5.74) is 0. The number of unbranched alkanes of at least 4 members (excludes halogenated alkanes) is 4. The molecule has 0 heterocycles. The average molecular weight is 431 g/mol. The molecule has 0 aromatic rings. The molecule has 0 aromatic carbocycles. The van der Waals surface area contributed by atoms with Crippen LogP contribution < -0.4 is 0 Å².